The summed E-state index contributed by atoms with van der Waals surface area (Å²) in [6, 6.07) is 2.94. The molecule has 0 unspecified atom stereocenters. The average molecular weight is 313 g/mol. The van der Waals surface area contributed by atoms with E-state index in [4.69, 9.17) is 9.63 Å². The number of hydrogen-bond acceptors (Lipinski definition) is 7. The van der Waals surface area contributed by atoms with E-state index in [0.29, 0.717) is 5.82 Å². The molecule has 0 fully saturated rings. The molecule has 0 amide bonds. The fourth-order valence-corrected chi connectivity index (χ4v) is 2.51. The number of aryl methyl sites for hydroxylation is 1. The Kier molecular flexibility index (Phi) is 3.91. The van der Waals surface area contributed by atoms with Gasteiger partial charge >= 0.3 is 5.97 Å². The van der Waals surface area contributed by atoms with Crippen LogP contribution >= 0.6 is 0 Å². The molecule has 0 aliphatic carbocycles. The van der Waals surface area contributed by atoms with Crippen molar-refractivity contribution in [1.29, 1.82) is 0 Å². The number of rotatable bonds is 5. The van der Waals surface area contributed by atoms with Crippen molar-refractivity contribution >= 4 is 16.0 Å². The molecular formula is C11H11N3O6S. The van der Waals surface area contributed by atoms with E-state index in [2.05, 4.69) is 14.9 Å². The Hall–Kier alpha value is -2.46. The van der Waals surface area contributed by atoms with Gasteiger partial charge in [-0.1, -0.05) is 5.16 Å². The summed E-state index contributed by atoms with van der Waals surface area (Å²) in [5, 5.41) is 21.7. The SMILES string of the molecule is Cc1noc(CNS(=O)(=O)c2ccc(O)c(C(=O)O)c2)n1. The molecule has 0 saturated carbocycles. The molecule has 0 aliphatic heterocycles. The van der Waals surface area contributed by atoms with Gasteiger partial charge in [0.2, 0.25) is 15.9 Å². The molecule has 1 heterocycles. The van der Waals surface area contributed by atoms with Gasteiger partial charge in [0.25, 0.3) is 0 Å². The average Bonchev–Trinajstić information content (AvgIpc) is 2.82. The quantitative estimate of drug-likeness (QED) is 0.713. The highest BCUT2D eigenvalue weighted by Crippen LogP contribution is 2.21. The Morgan fingerprint density at radius 1 is 1.43 bits per heavy atom. The number of benzene rings is 1. The lowest BCUT2D eigenvalue weighted by atomic mass is 10.2. The summed E-state index contributed by atoms with van der Waals surface area (Å²) in [6.07, 6.45) is 0. The van der Waals surface area contributed by atoms with Crippen molar-refractivity contribution in [2.24, 2.45) is 0 Å². The Labute approximate surface area is 119 Å². The number of phenols is 1. The molecule has 0 spiro atoms. The smallest absolute Gasteiger partial charge is 0.339 e. The van der Waals surface area contributed by atoms with Crippen LogP contribution in [-0.4, -0.2) is 34.7 Å². The van der Waals surface area contributed by atoms with Crippen LogP contribution in [0.3, 0.4) is 0 Å². The second-order valence-electron chi connectivity index (χ2n) is 4.04. The number of hydrogen-bond donors (Lipinski definition) is 3. The fraction of sp³-hybridized carbons (Fsp3) is 0.182. The van der Waals surface area contributed by atoms with E-state index in [0.717, 1.165) is 18.2 Å². The summed E-state index contributed by atoms with van der Waals surface area (Å²) in [7, 11) is -3.97. The first-order chi connectivity index (χ1) is 9.79. The number of sulfonamides is 1. The van der Waals surface area contributed by atoms with Gasteiger partial charge in [-0.05, 0) is 25.1 Å². The van der Waals surface area contributed by atoms with Gasteiger partial charge in [-0.25, -0.2) is 17.9 Å². The van der Waals surface area contributed by atoms with Crippen molar-refractivity contribution in [3.05, 3.63) is 35.5 Å². The number of nitrogens with one attached hydrogen (secondary N) is 1. The lowest BCUT2D eigenvalue weighted by Crippen LogP contribution is -2.23. The maximum absolute atomic E-state index is 12.0. The topological polar surface area (TPSA) is 143 Å². The van der Waals surface area contributed by atoms with Gasteiger partial charge in [-0.2, -0.15) is 4.98 Å². The van der Waals surface area contributed by atoms with E-state index in [1.54, 1.807) is 6.92 Å². The molecular weight excluding hydrogens is 302 g/mol. The van der Waals surface area contributed by atoms with Crippen molar-refractivity contribution in [3.8, 4) is 5.75 Å². The van der Waals surface area contributed by atoms with Gasteiger partial charge in [-0.15, -0.1) is 0 Å². The number of aromatic hydroxyl groups is 1. The highest BCUT2D eigenvalue weighted by atomic mass is 32.2. The number of carboxylic acids is 1. The van der Waals surface area contributed by atoms with Crippen LogP contribution in [0.1, 0.15) is 22.1 Å². The summed E-state index contributed by atoms with van der Waals surface area (Å²) in [6.45, 7) is 1.35. The van der Waals surface area contributed by atoms with Crippen molar-refractivity contribution in [2.75, 3.05) is 0 Å². The molecule has 2 rings (SSSR count). The van der Waals surface area contributed by atoms with Gasteiger partial charge in [0.1, 0.15) is 11.3 Å². The van der Waals surface area contributed by atoms with Gasteiger partial charge < -0.3 is 14.7 Å². The Balaban J connectivity index is 2.23. The summed E-state index contributed by atoms with van der Waals surface area (Å²) in [5.41, 5.74) is -0.508. The minimum Gasteiger partial charge on any atom is -0.507 e. The van der Waals surface area contributed by atoms with Crippen LogP contribution < -0.4 is 4.72 Å². The first-order valence-corrected chi connectivity index (χ1v) is 7.13. The number of aromatic carboxylic acids is 1. The number of aromatic nitrogens is 2. The summed E-state index contributed by atoms with van der Waals surface area (Å²) >= 11 is 0. The van der Waals surface area contributed by atoms with Crippen LogP contribution in [0.25, 0.3) is 0 Å². The number of carbonyl (C=O) groups is 1. The van der Waals surface area contributed by atoms with Crippen LogP contribution in [-0.2, 0) is 16.6 Å². The zero-order valence-corrected chi connectivity index (χ0v) is 11.6. The molecule has 1 aromatic carbocycles. The Morgan fingerprint density at radius 2 is 2.14 bits per heavy atom. The van der Waals surface area contributed by atoms with E-state index in [1.807, 2.05) is 0 Å². The molecule has 0 aliphatic rings. The van der Waals surface area contributed by atoms with E-state index < -0.39 is 27.3 Å². The molecule has 9 nitrogen and oxygen atoms in total. The fourth-order valence-electron chi connectivity index (χ4n) is 1.51. The highest BCUT2D eigenvalue weighted by molar-refractivity contribution is 7.89. The second-order valence-corrected chi connectivity index (χ2v) is 5.81. The molecule has 0 radical (unpaired) electrons. The minimum absolute atomic E-state index is 0.0771. The molecule has 21 heavy (non-hydrogen) atoms. The Bertz CT molecular complexity index is 783. The van der Waals surface area contributed by atoms with Crippen molar-refractivity contribution < 1.29 is 27.9 Å². The maximum Gasteiger partial charge on any atom is 0.339 e. The van der Waals surface area contributed by atoms with Crippen LogP contribution in [0.2, 0.25) is 0 Å². The predicted molar refractivity (Wildman–Crippen MR) is 68.1 cm³/mol. The molecule has 0 atom stereocenters. The van der Waals surface area contributed by atoms with E-state index >= 15 is 0 Å². The van der Waals surface area contributed by atoms with E-state index in [1.165, 1.54) is 0 Å². The van der Waals surface area contributed by atoms with Gasteiger partial charge in [0.15, 0.2) is 5.82 Å². The molecule has 112 valence electrons. The third-order valence-electron chi connectivity index (χ3n) is 2.49. The van der Waals surface area contributed by atoms with Crippen molar-refractivity contribution in [3.63, 3.8) is 0 Å². The molecule has 2 aromatic rings. The van der Waals surface area contributed by atoms with E-state index in [9.17, 15) is 18.3 Å². The molecule has 0 saturated heterocycles. The van der Waals surface area contributed by atoms with Crippen LogP contribution in [0.15, 0.2) is 27.6 Å². The zero-order valence-electron chi connectivity index (χ0n) is 10.8. The third-order valence-corrected chi connectivity index (χ3v) is 3.89. The number of nitrogens with zero attached hydrogens (tertiary/aromatic N) is 2. The lowest BCUT2D eigenvalue weighted by Gasteiger charge is -2.06. The highest BCUT2D eigenvalue weighted by Gasteiger charge is 2.19. The Morgan fingerprint density at radius 3 is 2.71 bits per heavy atom. The molecule has 0 bridgehead atoms. The monoisotopic (exact) mass is 313 g/mol. The normalized spacial score (nSPS) is 11.5. The van der Waals surface area contributed by atoms with Crippen molar-refractivity contribution in [2.45, 2.75) is 18.4 Å². The second kappa shape index (κ2) is 5.50. The van der Waals surface area contributed by atoms with E-state index in [-0.39, 0.29) is 17.3 Å². The molecule has 1 aromatic heterocycles. The summed E-state index contributed by atoms with van der Waals surface area (Å²) in [5.74, 6) is -1.51. The first-order valence-electron chi connectivity index (χ1n) is 5.65. The molecule has 3 N–H and O–H groups in total. The lowest BCUT2D eigenvalue weighted by molar-refractivity contribution is 0.0693. The van der Waals surface area contributed by atoms with Crippen LogP contribution in [0.4, 0.5) is 0 Å². The van der Waals surface area contributed by atoms with Crippen molar-refractivity contribution in [1.82, 2.24) is 14.9 Å². The summed E-state index contributed by atoms with van der Waals surface area (Å²) < 4.78 is 31.0. The van der Waals surface area contributed by atoms with Crippen LogP contribution in [0.5, 0.6) is 5.75 Å². The standard InChI is InChI=1S/C11H11N3O6S/c1-6-13-10(20-14-6)5-12-21(18,19)7-2-3-9(15)8(4-7)11(16)17/h2-4,12,15H,5H2,1H3,(H,16,17). The first kappa shape index (κ1) is 14.9. The van der Waals surface area contributed by atoms with Crippen LogP contribution in [0, 0.1) is 6.92 Å². The predicted octanol–water partition coefficient (Wildman–Crippen LogP) is 0.260. The minimum atomic E-state index is -3.97. The van der Waals surface area contributed by atoms with Gasteiger partial charge in [0, 0.05) is 0 Å². The zero-order chi connectivity index (χ0) is 15.6. The number of carboxylic acid groups (broad SMARTS) is 1. The largest absolute Gasteiger partial charge is 0.507 e. The molecule has 10 heteroatoms. The summed E-state index contributed by atoms with van der Waals surface area (Å²) in [4.78, 5) is 14.4. The van der Waals surface area contributed by atoms with Gasteiger partial charge in [-0.3, -0.25) is 0 Å². The maximum atomic E-state index is 12.0. The third kappa shape index (κ3) is 3.35. The van der Waals surface area contributed by atoms with Gasteiger partial charge in [0.05, 0.1) is 11.4 Å².